The summed E-state index contributed by atoms with van der Waals surface area (Å²) in [4.78, 5) is 26.7. The van der Waals surface area contributed by atoms with Crippen molar-refractivity contribution in [2.45, 2.75) is 39.0 Å². The van der Waals surface area contributed by atoms with Gasteiger partial charge in [0.25, 0.3) is 0 Å². The van der Waals surface area contributed by atoms with E-state index in [1.165, 1.54) is 0 Å². The maximum atomic E-state index is 12.1. The smallest absolute Gasteiger partial charge is 0.410 e. The van der Waals surface area contributed by atoms with Crippen LogP contribution in [0.3, 0.4) is 0 Å². The summed E-state index contributed by atoms with van der Waals surface area (Å²) in [5.74, 6) is -0.844. The molecule has 6 nitrogen and oxygen atoms in total. The van der Waals surface area contributed by atoms with Gasteiger partial charge in [-0.2, -0.15) is 0 Å². The van der Waals surface area contributed by atoms with Crippen LogP contribution in [-0.4, -0.2) is 58.7 Å². The maximum absolute atomic E-state index is 12.1. The number of carboxylic acids is 1. The van der Waals surface area contributed by atoms with Gasteiger partial charge < -0.3 is 14.7 Å². The Morgan fingerprint density at radius 1 is 1.35 bits per heavy atom. The number of amides is 1. The van der Waals surface area contributed by atoms with Crippen LogP contribution < -0.4 is 0 Å². The quantitative estimate of drug-likeness (QED) is 0.870. The first-order valence-corrected chi connectivity index (χ1v) is 7.90. The summed E-state index contributed by atoms with van der Waals surface area (Å²) in [5.41, 5.74) is 0.950. The van der Waals surface area contributed by atoms with E-state index in [-0.39, 0.29) is 31.3 Å². The molecule has 1 amide bonds. The fraction of sp³-hybridized carbons (Fsp3) is 0.529. The third-order valence-corrected chi connectivity index (χ3v) is 4.08. The fourth-order valence-electron chi connectivity index (χ4n) is 2.88. The van der Waals surface area contributed by atoms with Gasteiger partial charge in [0.05, 0.1) is 6.54 Å². The highest BCUT2D eigenvalue weighted by atomic mass is 16.6. The molecule has 1 fully saturated rings. The molecule has 2 rings (SSSR count). The van der Waals surface area contributed by atoms with E-state index in [4.69, 9.17) is 9.84 Å². The van der Waals surface area contributed by atoms with E-state index in [0.717, 1.165) is 12.0 Å². The number of hydrogen-bond donors (Lipinski definition) is 1. The number of ether oxygens (including phenoxy) is 1. The number of carbonyl (C=O) groups is 2. The van der Waals surface area contributed by atoms with Crippen LogP contribution >= 0.6 is 0 Å². The third-order valence-electron chi connectivity index (χ3n) is 4.08. The van der Waals surface area contributed by atoms with Gasteiger partial charge in [-0.25, -0.2) is 4.79 Å². The van der Waals surface area contributed by atoms with Crippen molar-refractivity contribution < 1.29 is 19.4 Å². The first kappa shape index (κ1) is 17.3. The van der Waals surface area contributed by atoms with E-state index in [1.54, 1.807) is 4.90 Å². The van der Waals surface area contributed by atoms with Crippen molar-refractivity contribution in [1.82, 2.24) is 9.80 Å². The van der Waals surface area contributed by atoms with E-state index < -0.39 is 5.97 Å². The van der Waals surface area contributed by atoms with Gasteiger partial charge in [-0.05, 0) is 25.8 Å². The van der Waals surface area contributed by atoms with Crippen molar-refractivity contribution in [3.63, 3.8) is 0 Å². The van der Waals surface area contributed by atoms with Crippen LogP contribution in [0.25, 0.3) is 0 Å². The van der Waals surface area contributed by atoms with Gasteiger partial charge in [-0.15, -0.1) is 0 Å². The summed E-state index contributed by atoms with van der Waals surface area (Å²) in [6, 6.07) is 9.73. The van der Waals surface area contributed by atoms with Crippen molar-refractivity contribution in [1.29, 1.82) is 0 Å². The Hall–Kier alpha value is -2.08. The highest BCUT2D eigenvalue weighted by Crippen LogP contribution is 2.19. The Kier molecular flexibility index (Phi) is 5.98. The molecule has 23 heavy (non-hydrogen) atoms. The molecule has 0 aromatic heterocycles. The fourth-order valence-corrected chi connectivity index (χ4v) is 2.88. The zero-order valence-electron chi connectivity index (χ0n) is 13.6. The average Bonchev–Trinajstić information content (AvgIpc) is 3.00. The van der Waals surface area contributed by atoms with E-state index in [0.29, 0.717) is 13.1 Å². The lowest BCUT2D eigenvalue weighted by atomic mass is 10.2. The predicted molar refractivity (Wildman–Crippen MR) is 86.1 cm³/mol. The van der Waals surface area contributed by atoms with Crippen molar-refractivity contribution in [2.24, 2.45) is 0 Å². The Morgan fingerprint density at radius 2 is 2.04 bits per heavy atom. The lowest BCUT2D eigenvalue weighted by Crippen LogP contribution is -2.45. The maximum Gasteiger partial charge on any atom is 0.410 e. The van der Waals surface area contributed by atoms with Crippen LogP contribution in [0, 0.1) is 0 Å². The average molecular weight is 320 g/mol. The zero-order valence-corrected chi connectivity index (χ0v) is 13.6. The summed E-state index contributed by atoms with van der Waals surface area (Å²) < 4.78 is 5.33. The first-order chi connectivity index (χ1) is 11.0. The molecule has 0 spiro atoms. The van der Waals surface area contributed by atoms with E-state index in [2.05, 4.69) is 0 Å². The molecule has 1 saturated heterocycles. The topological polar surface area (TPSA) is 70.1 Å². The number of likely N-dealkylation sites (tertiary alicyclic amines) is 1. The lowest BCUT2D eigenvalue weighted by molar-refractivity contribution is -0.139. The Labute approximate surface area is 136 Å². The van der Waals surface area contributed by atoms with Gasteiger partial charge in [0.15, 0.2) is 0 Å². The van der Waals surface area contributed by atoms with E-state index in [9.17, 15) is 9.59 Å². The number of hydrogen-bond acceptors (Lipinski definition) is 4. The minimum absolute atomic E-state index is 0.00473. The standard InChI is InChI=1S/C17H24N2O4/c1-13(2)19(11-16(20)21)15-8-9-18(10-15)17(22)23-12-14-6-4-3-5-7-14/h3-7,13,15H,8-12H2,1-2H3,(H,20,21). The molecule has 126 valence electrons. The summed E-state index contributed by atoms with van der Waals surface area (Å²) in [6.45, 7) is 5.30. The van der Waals surface area contributed by atoms with Crippen LogP contribution in [0.1, 0.15) is 25.8 Å². The van der Waals surface area contributed by atoms with Crippen molar-refractivity contribution in [3.8, 4) is 0 Å². The second kappa shape index (κ2) is 7.97. The molecule has 0 radical (unpaired) electrons. The van der Waals surface area contributed by atoms with E-state index >= 15 is 0 Å². The Bertz CT molecular complexity index is 533. The Balaban J connectivity index is 1.85. The summed E-state index contributed by atoms with van der Waals surface area (Å²) in [6.07, 6.45) is 0.432. The molecule has 6 heteroatoms. The highest BCUT2D eigenvalue weighted by Gasteiger charge is 2.33. The van der Waals surface area contributed by atoms with Gasteiger partial charge >= 0.3 is 12.1 Å². The van der Waals surface area contributed by atoms with Crippen molar-refractivity contribution >= 4 is 12.1 Å². The molecule has 1 atom stereocenters. The molecule has 1 aromatic rings. The van der Waals surface area contributed by atoms with Crippen molar-refractivity contribution in [2.75, 3.05) is 19.6 Å². The van der Waals surface area contributed by atoms with Crippen LogP contribution in [0.5, 0.6) is 0 Å². The lowest BCUT2D eigenvalue weighted by Gasteiger charge is -2.30. The normalized spacial score (nSPS) is 17.7. The number of benzene rings is 1. The summed E-state index contributed by atoms with van der Waals surface area (Å²) in [7, 11) is 0. The van der Waals surface area contributed by atoms with Gasteiger partial charge in [-0.1, -0.05) is 30.3 Å². The molecule has 0 bridgehead atoms. The monoisotopic (exact) mass is 320 g/mol. The molecule has 1 aromatic carbocycles. The van der Waals surface area contributed by atoms with Gasteiger partial charge in [0.2, 0.25) is 0 Å². The predicted octanol–water partition coefficient (Wildman–Crippen LogP) is 2.19. The SMILES string of the molecule is CC(C)N(CC(=O)O)C1CCN(C(=O)OCc2ccccc2)C1. The van der Waals surface area contributed by atoms with Gasteiger partial charge in [0, 0.05) is 25.2 Å². The Morgan fingerprint density at radius 3 is 2.65 bits per heavy atom. The molecular weight excluding hydrogens is 296 g/mol. The molecule has 1 aliphatic heterocycles. The second-order valence-corrected chi connectivity index (χ2v) is 6.09. The van der Waals surface area contributed by atoms with Gasteiger partial charge in [0.1, 0.15) is 6.61 Å². The number of nitrogens with zero attached hydrogens (tertiary/aromatic N) is 2. The second-order valence-electron chi connectivity index (χ2n) is 6.09. The molecule has 1 heterocycles. The molecule has 1 unspecified atom stereocenters. The number of rotatable bonds is 6. The van der Waals surface area contributed by atoms with Crippen LogP contribution in [0.15, 0.2) is 30.3 Å². The largest absolute Gasteiger partial charge is 0.480 e. The van der Waals surface area contributed by atoms with Crippen LogP contribution in [0.2, 0.25) is 0 Å². The van der Waals surface area contributed by atoms with Crippen molar-refractivity contribution in [3.05, 3.63) is 35.9 Å². The molecular formula is C17H24N2O4. The van der Waals surface area contributed by atoms with E-state index in [1.807, 2.05) is 49.1 Å². The minimum Gasteiger partial charge on any atom is -0.480 e. The number of aliphatic carboxylic acids is 1. The highest BCUT2D eigenvalue weighted by molar-refractivity contribution is 5.69. The molecule has 1 N–H and O–H groups in total. The molecule has 0 saturated carbocycles. The number of carboxylic acid groups (broad SMARTS) is 1. The number of carbonyl (C=O) groups excluding carboxylic acids is 1. The van der Waals surface area contributed by atoms with Gasteiger partial charge in [-0.3, -0.25) is 9.69 Å². The third kappa shape index (κ3) is 4.96. The van der Waals surface area contributed by atoms with Crippen LogP contribution in [-0.2, 0) is 16.1 Å². The first-order valence-electron chi connectivity index (χ1n) is 7.90. The molecule has 0 aliphatic carbocycles. The van der Waals surface area contributed by atoms with Crippen LogP contribution in [0.4, 0.5) is 4.79 Å². The summed E-state index contributed by atoms with van der Waals surface area (Å²) >= 11 is 0. The summed E-state index contributed by atoms with van der Waals surface area (Å²) in [5, 5.41) is 9.03. The minimum atomic E-state index is -0.844. The zero-order chi connectivity index (χ0) is 16.8. The molecule has 1 aliphatic rings.